The second-order valence-electron chi connectivity index (χ2n) is 11.2. The number of nitrogens with one attached hydrogen (secondary N) is 1. The van der Waals surface area contributed by atoms with Crippen LogP contribution in [0.5, 0.6) is 0 Å². The van der Waals surface area contributed by atoms with Gasteiger partial charge in [-0.05, 0) is 92.4 Å². The van der Waals surface area contributed by atoms with Crippen LogP contribution in [-0.4, -0.2) is 29.8 Å². The molecule has 1 aliphatic heterocycles. The van der Waals surface area contributed by atoms with E-state index < -0.39 is 0 Å². The highest BCUT2D eigenvalue weighted by Gasteiger charge is 2.61. The number of aryl methyl sites for hydroxylation is 1. The first kappa shape index (κ1) is 20.8. The standard InChI is InChI=1S/C27H36N2O2/c1-17-6-5-7-18(16-17)28-25(31)22-10-9-20-19-8-11-23-27(3,15-13-24(30)29(23)4)21(19)12-14-26(20,22)2/h5-7,13,15-16,19-23H,8-12,14H2,1-4H3,(H,28,31)/t19-,20-,21+,22?,23?,26-,27+/m0/s1. The number of nitrogens with zero attached hydrogens (tertiary/aromatic N) is 1. The van der Waals surface area contributed by atoms with Gasteiger partial charge in [0.25, 0.3) is 0 Å². The molecule has 4 heteroatoms. The van der Waals surface area contributed by atoms with Crippen LogP contribution in [0.1, 0.15) is 57.9 Å². The minimum atomic E-state index is 0.0643. The van der Waals surface area contributed by atoms with Gasteiger partial charge in [0.05, 0.1) is 0 Å². The molecule has 2 unspecified atom stereocenters. The Bertz CT molecular complexity index is 939. The van der Waals surface area contributed by atoms with E-state index in [9.17, 15) is 9.59 Å². The summed E-state index contributed by atoms with van der Waals surface area (Å²) in [6, 6.07) is 8.43. The Kier molecular flexibility index (Phi) is 4.84. The van der Waals surface area contributed by atoms with Gasteiger partial charge in [0.15, 0.2) is 0 Å². The number of benzene rings is 1. The fraction of sp³-hybridized carbons (Fsp3) is 0.630. The summed E-state index contributed by atoms with van der Waals surface area (Å²) in [5.74, 6) is 2.31. The fourth-order valence-electron chi connectivity index (χ4n) is 8.12. The number of fused-ring (bicyclic) bond motifs is 5. The molecule has 31 heavy (non-hydrogen) atoms. The third-order valence-electron chi connectivity index (χ3n) is 9.73. The van der Waals surface area contributed by atoms with Gasteiger partial charge >= 0.3 is 0 Å². The van der Waals surface area contributed by atoms with Crippen LogP contribution in [0, 0.1) is 41.4 Å². The highest BCUT2D eigenvalue weighted by molar-refractivity contribution is 5.93. The molecule has 0 radical (unpaired) electrons. The van der Waals surface area contributed by atoms with E-state index >= 15 is 0 Å². The van der Waals surface area contributed by atoms with Crippen LogP contribution in [0.2, 0.25) is 0 Å². The molecule has 0 saturated heterocycles. The summed E-state index contributed by atoms with van der Waals surface area (Å²) in [5.41, 5.74) is 2.23. The second-order valence-corrected chi connectivity index (χ2v) is 11.2. The maximum atomic E-state index is 13.3. The number of carbonyl (C=O) groups is 2. The number of anilines is 1. The van der Waals surface area contributed by atoms with Gasteiger partial charge in [-0.25, -0.2) is 0 Å². The monoisotopic (exact) mass is 420 g/mol. The van der Waals surface area contributed by atoms with Gasteiger partial charge in [-0.2, -0.15) is 0 Å². The van der Waals surface area contributed by atoms with E-state index in [-0.39, 0.29) is 28.6 Å². The summed E-state index contributed by atoms with van der Waals surface area (Å²) in [6.45, 7) is 6.83. The normalized spacial score (nSPS) is 41.4. The SMILES string of the molecule is Cc1cccc(NC(=O)C2CC[C@H]3[C@@H]4CCC5N(C)C(=O)C=C[C@]5(C)[C@@H]4CC[C@]23C)c1. The van der Waals surface area contributed by atoms with Gasteiger partial charge in [0.1, 0.15) is 0 Å². The maximum Gasteiger partial charge on any atom is 0.246 e. The lowest BCUT2D eigenvalue weighted by Crippen LogP contribution is -2.59. The maximum absolute atomic E-state index is 13.3. The van der Waals surface area contributed by atoms with Crippen molar-refractivity contribution in [3.63, 3.8) is 0 Å². The van der Waals surface area contributed by atoms with Crippen LogP contribution in [0.25, 0.3) is 0 Å². The molecule has 7 atom stereocenters. The van der Waals surface area contributed by atoms with Crippen molar-refractivity contribution in [2.75, 3.05) is 12.4 Å². The van der Waals surface area contributed by atoms with E-state index in [1.165, 1.54) is 12.0 Å². The van der Waals surface area contributed by atoms with E-state index in [1.807, 2.05) is 24.1 Å². The van der Waals surface area contributed by atoms with Crippen molar-refractivity contribution in [2.24, 2.45) is 34.5 Å². The first-order valence-corrected chi connectivity index (χ1v) is 12.1. The molecule has 5 rings (SSSR count). The van der Waals surface area contributed by atoms with E-state index in [1.54, 1.807) is 6.08 Å². The molecule has 1 N–H and O–H groups in total. The van der Waals surface area contributed by atoms with Gasteiger partial charge in [0, 0.05) is 30.1 Å². The Morgan fingerprint density at radius 2 is 1.90 bits per heavy atom. The van der Waals surface area contributed by atoms with Crippen molar-refractivity contribution in [2.45, 2.75) is 65.3 Å². The number of carbonyl (C=O) groups excluding carboxylic acids is 2. The van der Waals surface area contributed by atoms with Gasteiger partial charge in [-0.1, -0.05) is 32.1 Å². The Morgan fingerprint density at radius 1 is 1.10 bits per heavy atom. The second kappa shape index (κ2) is 7.21. The highest BCUT2D eigenvalue weighted by atomic mass is 16.2. The summed E-state index contributed by atoms with van der Waals surface area (Å²) in [5, 5.41) is 3.22. The molecule has 1 aromatic carbocycles. The van der Waals surface area contributed by atoms with Gasteiger partial charge in [-0.3, -0.25) is 9.59 Å². The molecule has 4 nitrogen and oxygen atoms in total. The number of likely N-dealkylation sites (N-methyl/N-ethyl adjacent to an activating group) is 1. The summed E-state index contributed by atoms with van der Waals surface area (Å²) < 4.78 is 0. The third kappa shape index (κ3) is 3.08. The topological polar surface area (TPSA) is 49.4 Å². The minimum Gasteiger partial charge on any atom is -0.338 e. The summed E-state index contributed by atoms with van der Waals surface area (Å²) in [6.07, 6.45) is 10.7. The predicted molar refractivity (Wildman–Crippen MR) is 123 cm³/mol. The zero-order valence-corrected chi connectivity index (χ0v) is 19.4. The zero-order chi connectivity index (χ0) is 22.0. The Balaban J connectivity index is 1.38. The lowest BCUT2D eigenvalue weighted by atomic mass is 9.47. The molecule has 0 spiro atoms. The first-order chi connectivity index (χ1) is 14.7. The average Bonchev–Trinajstić information content (AvgIpc) is 3.08. The number of hydrogen-bond donors (Lipinski definition) is 1. The van der Waals surface area contributed by atoms with E-state index in [4.69, 9.17) is 0 Å². The van der Waals surface area contributed by atoms with Crippen molar-refractivity contribution < 1.29 is 9.59 Å². The quantitative estimate of drug-likeness (QED) is 0.716. The minimum absolute atomic E-state index is 0.0643. The number of hydrogen-bond acceptors (Lipinski definition) is 2. The zero-order valence-electron chi connectivity index (χ0n) is 19.4. The van der Waals surface area contributed by atoms with Gasteiger partial charge in [0.2, 0.25) is 11.8 Å². The van der Waals surface area contributed by atoms with Gasteiger partial charge < -0.3 is 10.2 Å². The van der Waals surface area contributed by atoms with Crippen molar-refractivity contribution in [3.8, 4) is 0 Å². The van der Waals surface area contributed by atoms with Crippen molar-refractivity contribution in [3.05, 3.63) is 42.0 Å². The van der Waals surface area contributed by atoms with Crippen molar-refractivity contribution in [1.29, 1.82) is 0 Å². The molecular formula is C27H36N2O2. The molecule has 0 bridgehead atoms. The molecule has 3 fully saturated rings. The lowest BCUT2D eigenvalue weighted by Gasteiger charge is -2.60. The smallest absolute Gasteiger partial charge is 0.246 e. The van der Waals surface area contributed by atoms with E-state index in [0.717, 1.165) is 37.8 Å². The fourth-order valence-corrected chi connectivity index (χ4v) is 8.12. The van der Waals surface area contributed by atoms with Crippen LogP contribution < -0.4 is 5.32 Å². The molecule has 1 aromatic rings. The molecule has 4 aliphatic rings. The predicted octanol–water partition coefficient (Wildman–Crippen LogP) is 5.19. The Hall–Kier alpha value is -2.10. The molecule has 3 saturated carbocycles. The summed E-state index contributed by atoms with van der Waals surface area (Å²) in [4.78, 5) is 27.6. The molecule has 0 aromatic heterocycles. The third-order valence-corrected chi connectivity index (χ3v) is 9.73. The molecular weight excluding hydrogens is 384 g/mol. The Labute approximate surface area is 186 Å². The summed E-state index contributed by atoms with van der Waals surface area (Å²) >= 11 is 0. The highest BCUT2D eigenvalue weighted by Crippen LogP contribution is 2.65. The summed E-state index contributed by atoms with van der Waals surface area (Å²) in [7, 11) is 1.98. The van der Waals surface area contributed by atoms with Crippen LogP contribution in [-0.2, 0) is 9.59 Å². The number of rotatable bonds is 2. The van der Waals surface area contributed by atoms with E-state index in [0.29, 0.717) is 23.8 Å². The van der Waals surface area contributed by atoms with Gasteiger partial charge in [-0.15, -0.1) is 0 Å². The van der Waals surface area contributed by atoms with E-state index in [2.05, 4.69) is 44.3 Å². The van der Waals surface area contributed by atoms with Crippen LogP contribution in [0.3, 0.4) is 0 Å². The molecule has 2 amide bonds. The van der Waals surface area contributed by atoms with Crippen LogP contribution in [0.15, 0.2) is 36.4 Å². The number of amides is 2. The molecule has 3 aliphatic carbocycles. The molecule has 1 heterocycles. The Morgan fingerprint density at radius 3 is 2.68 bits per heavy atom. The first-order valence-electron chi connectivity index (χ1n) is 12.1. The van der Waals surface area contributed by atoms with Crippen molar-refractivity contribution in [1.82, 2.24) is 4.90 Å². The van der Waals surface area contributed by atoms with Crippen molar-refractivity contribution >= 4 is 17.5 Å². The average molecular weight is 421 g/mol. The van der Waals surface area contributed by atoms with Crippen LogP contribution >= 0.6 is 0 Å². The lowest BCUT2D eigenvalue weighted by molar-refractivity contribution is -0.141. The van der Waals surface area contributed by atoms with Crippen LogP contribution in [0.4, 0.5) is 5.69 Å². The largest absolute Gasteiger partial charge is 0.338 e. The molecule has 166 valence electrons.